The zero-order chi connectivity index (χ0) is 21.2. The lowest BCUT2D eigenvalue weighted by Gasteiger charge is -2.28. The second-order valence-electron chi connectivity index (χ2n) is 6.94. The van der Waals surface area contributed by atoms with Gasteiger partial charge >= 0.3 is 0 Å². The molecule has 0 saturated heterocycles. The van der Waals surface area contributed by atoms with E-state index in [2.05, 4.69) is 5.32 Å². The molecule has 0 unspecified atom stereocenters. The Labute approximate surface area is 172 Å². The number of carbonyl (C=O) groups is 2. The van der Waals surface area contributed by atoms with Crippen LogP contribution in [-0.2, 0) is 16.1 Å². The molecule has 6 nitrogen and oxygen atoms in total. The number of nitrogens with one attached hydrogen (secondary N) is 1. The van der Waals surface area contributed by atoms with Crippen molar-refractivity contribution >= 4 is 11.8 Å². The van der Waals surface area contributed by atoms with Gasteiger partial charge in [-0.05, 0) is 55.7 Å². The Bertz CT molecular complexity index is 805. The maximum Gasteiger partial charge on any atom is 0.261 e. The van der Waals surface area contributed by atoms with Crippen molar-refractivity contribution in [3.8, 4) is 11.5 Å². The summed E-state index contributed by atoms with van der Waals surface area (Å²) in [6.45, 7) is 6.43. The second kappa shape index (κ2) is 11.1. The van der Waals surface area contributed by atoms with E-state index in [4.69, 9.17) is 9.47 Å². The number of hydrogen-bond donors (Lipinski definition) is 1. The zero-order valence-electron chi connectivity index (χ0n) is 17.6. The van der Waals surface area contributed by atoms with Gasteiger partial charge in [-0.1, -0.05) is 31.2 Å². The van der Waals surface area contributed by atoms with Crippen LogP contribution in [0.15, 0.2) is 48.5 Å². The third-order valence-electron chi connectivity index (χ3n) is 4.58. The van der Waals surface area contributed by atoms with Crippen LogP contribution in [0.3, 0.4) is 0 Å². The van der Waals surface area contributed by atoms with Gasteiger partial charge in [0.05, 0.1) is 7.11 Å². The summed E-state index contributed by atoms with van der Waals surface area (Å²) < 4.78 is 10.9. The topological polar surface area (TPSA) is 67.9 Å². The highest BCUT2D eigenvalue weighted by molar-refractivity contribution is 5.87. The molecule has 0 bridgehead atoms. The van der Waals surface area contributed by atoms with E-state index in [1.165, 1.54) is 0 Å². The molecule has 29 heavy (non-hydrogen) atoms. The van der Waals surface area contributed by atoms with Gasteiger partial charge in [-0.2, -0.15) is 0 Å². The van der Waals surface area contributed by atoms with Crippen LogP contribution in [0.25, 0.3) is 0 Å². The van der Waals surface area contributed by atoms with Crippen LogP contribution in [0.4, 0.5) is 0 Å². The first-order valence-corrected chi connectivity index (χ1v) is 9.84. The van der Waals surface area contributed by atoms with E-state index in [1.54, 1.807) is 18.9 Å². The summed E-state index contributed by atoms with van der Waals surface area (Å²) in [7, 11) is 1.60. The number of benzene rings is 2. The van der Waals surface area contributed by atoms with E-state index >= 15 is 0 Å². The SMILES string of the molecule is CCCNC(=O)[C@H](C)N(Cc1ccc(OC)cc1)C(=O)COc1cccc(C)c1. The molecular formula is C23H30N2O4. The van der Waals surface area contributed by atoms with Gasteiger partial charge in [-0.3, -0.25) is 9.59 Å². The smallest absolute Gasteiger partial charge is 0.261 e. The average Bonchev–Trinajstić information content (AvgIpc) is 2.74. The lowest BCUT2D eigenvalue weighted by Crippen LogP contribution is -2.49. The molecule has 2 amide bonds. The highest BCUT2D eigenvalue weighted by atomic mass is 16.5. The van der Waals surface area contributed by atoms with Gasteiger partial charge in [-0.25, -0.2) is 0 Å². The summed E-state index contributed by atoms with van der Waals surface area (Å²) in [5, 5.41) is 2.86. The number of aryl methyl sites for hydroxylation is 1. The first kappa shape index (κ1) is 22.3. The molecule has 0 spiro atoms. The first-order valence-electron chi connectivity index (χ1n) is 9.84. The predicted molar refractivity (Wildman–Crippen MR) is 113 cm³/mol. The Hall–Kier alpha value is -3.02. The maximum absolute atomic E-state index is 12.9. The van der Waals surface area contributed by atoms with E-state index in [0.717, 1.165) is 23.3 Å². The molecule has 0 saturated carbocycles. The van der Waals surface area contributed by atoms with E-state index < -0.39 is 6.04 Å². The number of nitrogens with zero attached hydrogens (tertiary/aromatic N) is 1. The molecule has 2 rings (SSSR count). The largest absolute Gasteiger partial charge is 0.497 e. The quantitative estimate of drug-likeness (QED) is 0.667. The van der Waals surface area contributed by atoms with Gasteiger partial charge in [0.15, 0.2) is 6.61 Å². The number of methoxy groups -OCH3 is 1. The Morgan fingerprint density at radius 1 is 1.10 bits per heavy atom. The summed E-state index contributed by atoms with van der Waals surface area (Å²) in [6.07, 6.45) is 0.835. The molecule has 1 atom stereocenters. The molecular weight excluding hydrogens is 368 g/mol. The monoisotopic (exact) mass is 398 g/mol. The summed E-state index contributed by atoms with van der Waals surface area (Å²) in [5.74, 6) is 0.944. The van der Waals surface area contributed by atoms with Crippen molar-refractivity contribution in [2.75, 3.05) is 20.3 Å². The van der Waals surface area contributed by atoms with Crippen LogP contribution in [0.5, 0.6) is 11.5 Å². The van der Waals surface area contributed by atoms with Crippen LogP contribution in [0, 0.1) is 6.92 Å². The van der Waals surface area contributed by atoms with Gasteiger partial charge in [0.1, 0.15) is 17.5 Å². The first-order chi connectivity index (χ1) is 13.9. The molecule has 0 heterocycles. The van der Waals surface area contributed by atoms with Gasteiger partial charge in [-0.15, -0.1) is 0 Å². The molecule has 0 aliphatic heterocycles. The molecule has 6 heteroatoms. The van der Waals surface area contributed by atoms with Crippen LogP contribution in [-0.4, -0.2) is 43.0 Å². The standard InChI is InChI=1S/C23H30N2O4/c1-5-13-24-23(27)18(3)25(15-19-9-11-20(28-4)12-10-19)22(26)16-29-21-8-6-7-17(2)14-21/h6-12,14,18H,5,13,15-16H2,1-4H3,(H,24,27)/t18-/m0/s1. The van der Waals surface area contributed by atoms with Crippen LogP contribution in [0.2, 0.25) is 0 Å². The van der Waals surface area contributed by atoms with Gasteiger partial charge in [0.25, 0.3) is 5.91 Å². The molecule has 0 fully saturated rings. The fourth-order valence-corrected chi connectivity index (χ4v) is 2.84. The van der Waals surface area contributed by atoms with E-state index in [9.17, 15) is 9.59 Å². The highest BCUT2D eigenvalue weighted by Gasteiger charge is 2.26. The number of hydrogen-bond acceptors (Lipinski definition) is 4. The Balaban J connectivity index is 2.12. The van der Waals surface area contributed by atoms with Crippen molar-refractivity contribution in [2.45, 2.75) is 39.8 Å². The third-order valence-corrected chi connectivity index (χ3v) is 4.58. The Kier molecular flexibility index (Phi) is 8.52. The van der Waals surface area contributed by atoms with E-state index in [0.29, 0.717) is 18.8 Å². The van der Waals surface area contributed by atoms with E-state index in [1.807, 2.05) is 62.4 Å². The minimum atomic E-state index is -0.614. The molecule has 2 aromatic rings. The number of amides is 2. The fraction of sp³-hybridized carbons (Fsp3) is 0.391. The predicted octanol–water partition coefficient (Wildman–Crippen LogP) is 3.33. The summed E-state index contributed by atoms with van der Waals surface area (Å²) in [5.41, 5.74) is 1.96. The molecule has 0 aliphatic rings. The van der Waals surface area contributed by atoms with Crippen molar-refractivity contribution in [2.24, 2.45) is 0 Å². The lowest BCUT2D eigenvalue weighted by molar-refractivity contribution is -0.142. The third kappa shape index (κ3) is 6.82. The summed E-state index contributed by atoms with van der Waals surface area (Å²) in [6, 6.07) is 14.4. The van der Waals surface area contributed by atoms with Crippen molar-refractivity contribution < 1.29 is 19.1 Å². The zero-order valence-corrected chi connectivity index (χ0v) is 17.6. The van der Waals surface area contributed by atoms with Crippen LogP contribution >= 0.6 is 0 Å². The fourth-order valence-electron chi connectivity index (χ4n) is 2.84. The average molecular weight is 399 g/mol. The number of rotatable bonds is 10. The summed E-state index contributed by atoms with van der Waals surface area (Å²) >= 11 is 0. The van der Waals surface area contributed by atoms with Crippen LogP contribution < -0.4 is 14.8 Å². The molecule has 0 aliphatic carbocycles. The molecule has 0 radical (unpaired) electrons. The Morgan fingerprint density at radius 3 is 2.45 bits per heavy atom. The van der Waals surface area contributed by atoms with Gasteiger partial charge in [0.2, 0.25) is 5.91 Å². The number of carbonyl (C=O) groups excluding carboxylic acids is 2. The Morgan fingerprint density at radius 2 is 1.83 bits per heavy atom. The van der Waals surface area contributed by atoms with Crippen molar-refractivity contribution in [3.05, 3.63) is 59.7 Å². The molecule has 1 N–H and O–H groups in total. The lowest BCUT2D eigenvalue weighted by atomic mass is 10.1. The normalized spacial score (nSPS) is 11.4. The number of ether oxygens (including phenoxy) is 2. The minimum absolute atomic E-state index is 0.134. The minimum Gasteiger partial charge on any atom is -0.497 e. The molecule has 156 valence electrons. The molecule has 0 aromatic heterocycles. The van der Waals surface area contributed by atoms with Crippen molar-refractivity contribution in [3.63, 3.8) is 0 Å². The van der Waals surface area contributed by atoms with Gasteiger partial charge < -0.3 is 19.7 Å². The highest BCUT2D eigenvalue weighted by Crippen LogP contribution is 2.16. The maximum atomic E-state index is 12.9. The summed E-state index contributed by atoms with van der Waals surface area (Å²) in [4.78, 5) is 27.0. The van der Waals surface area contributed by atoms with E-state index in [-0.39, 0.29) is 18.4 Å². The van der Waals surface area contributed by atoms with Crippen LogP contribution in [0.1, 0.15) is 31.4 Å². The van der Waals surface area contributed by atoms with Gasteiger partial charge in [0, 0.05) is 13.1 Å². The van der Waals surface area contributed by atoms with Crippen molar-refractivity contribution in [1.82, 2.24) is 10.2 Å². The molecule has 2 aromatic carbocycles. The van der Waals surface area contributed by atoms with Crippen molar-refractivity contribution in [1.29, 1.82) is 0 Å². The second-order valence-corrected chi connectivity index (χ2v) is 6.94.